The van der Waals surface area contributed by atoms with Gasteiger partial charge >= 0.3 is 0 Å². The molecule has 2 atom stereocenters. The van der Waals surface area contributed by atoms with Gasteiger partial charge in [-0.25, -0.2) is 4.39 Å². The summed E-state index contributed by atoms with van der Waals surface area (Å²) in [6.45, 7) is 0.286. The minimum Gasteiger partial charge on any atom is -0.344 e. The van der Waals surface area contributed by atoms with Gasteiger partial charge in [0.05, 0.1) is 13.1 Å². The van der Waals surface area contributed by atoms with Crippen molar-refractivity contribution in [3.8, 4) is 0 Å². The minimum absolute atomic E-state index is 0.124. The van der Waals surface area contributed by atoms with Crippen LogP contribution in [0.15, 0.2) is 84.9 Å². The largest absolute Gasteiger partial charge is 0.344 e. The van der Waals surface area contributed by atoms with Gasteiger partial charge in [-0.2, -0.15) is 0 Å². The molecule has 5 nitrogen and oxygen atoms in total. The van der Waals surface area contributed by atoms with Crippen LogP contribution in [-0.2, 0) is 16.0 Å². The second-order valence-electron chi connectivity index (χ2n) is 7.59. The second kappa shape index (κ2) is 11.0. The Hall–Kier alpha value is -3.51. The summed E-state index contributed by atoms with van der Waals surface area (Å²) in [6.07, 6.45) is 0.681. The van der Waals surface area contributed by atoms with E-state index >= 15 is 0 Å². The molecular weight excluding hydrogens is 393 g/mol. The third-order valence-corrected chi connectivity index (χ3v) is 4.87. The number of nitrogens with one attached hydrogen (secondary N) is 3. The zero-order valence-corrected chi connectivity index (χ0v) is 17.5. The maximum absolute atomic E-state index is 13.0. The summed E-state index contributed by atoms with van der Waals surface area (Å²) in [7, 11) is 1.79. The van der Waals surface area contributed by atoms with Crippen molar-refractivity contribution >= 4 is 17.5 Å². The Balaban J connectivity index is 1.55. The number of quaternary nitrogens is 1. The summed E-state index contributed by atoms with van der Waals surface area (Å²) in [5.41, 5.74) is 2.69. The first-order valence-corrected chi connectivity index (χ1v) is 10.2. The van der Waals surface area contributed by atoms with Crippen LogP contribution < -0.4 is 15.5 Å². The molecule has 3 N–H and O–H groups in total. The van der Waals surface area contributed by atoms with Gasteiger partial charge in [0, 0.05) is 5.69 Å². The molecule has 0 saturated carbocycles. The lowest BCUT2D eigenvalue weighted by atomic mass is 9.99. The van der Waals surface area contributed by atoms with Crippen LogP contribution in [0.5, 0.6) is 0 Å². The lowest BCUT2D eigenvalue weighted by molar-refractivity contribution is -0.862. The van der Waals surface area contributed by atoms with E-state index in [9.17, 15) is 14.0 Å². The molecule has 2 amide bonds. The predicted octanol–water partition coefficient (Wildman–Crippen LogP) is 2.38. The molecule has 3 aromatic carbocycles. The number of halogens is 1. The quantitative estimate of drug-likeness (QED) is 0.498. The molecule has 6 heteroatoms. The first kappa shape index (κ1) is 22.2. The molecule has 0 heterocycles. The standard InChI is InChI=1S/C25H26FN3O2/c1-29(17-24(30)27-22-14-12-21(26)13-15-22)18-25(31)28-23(20-10-6-3-7-11-20)16-19-8-4-2-5-9-19/h2-15,23H,16-18H2,1H3,(H,27,30)(H,28,31)/p+1/t23-/m1/s1. The summed E-state index contributed by atoms with van der Waals surface area (Å²) >= 11 is 0. The van der Waals surface area contributed by atoms with E-state index in [-0.39, 0.29) is 36.8 Å². The molecular formula is C25H27FN3O2+. The number of benzene rings is 3. The van der Waals surface area contributed by atoms with E-state index in [2.05, 4.69) is 10.6 Å². The van der Waals surface area contributed by atoms with Gasteiger partial charge in [0.15, 0.2) is 13.1 Å². The van der Waals surface area contributed by atoms with E-state index in [0.717, 1.165) is 16.0 Å². The molecule has 1 unspecified atom stereocenters. The van der Waals surface area contributed by atoms with Gasteiger partial charge in [-0.3, -0.25) is 9.59 Å². The van der Waals surface area contributed by atoms with Gasteiger partial charge < -0.3 is 15.5 Å². The Morgan fingerprint density at radius 3 is 2.06 bits per heavy atom. The van der Waals surface area contributed by atoms with Gasteiger partial charge in [0.1, 0.15) is 5.82 Å². The van der Waals surface area contributed by atoms with Crippen molar-refractivity contribution in [2.75, 3.05) is 25.5 Å². The van der Waals surface area contributed by atoms with Crippen molar-refractivity contribution in [3.05, 3.63) is 102 Å². The Kier molecular flexibility index (Phi) is 7.90. The fourth-order valence-electron chi connectivity index (χ4n) is 3.38. The van der Waals surface area contributed by atoms with Crippen LogP contribution in [0, 0.1) is 5.82 Å². The number of rotatable bonds is 9. The average molecular weight is 421 g/mol. The van der Waals surface area contributed by atoms with E-state index in [1.165, 1.54) is 24.3 Å². The molecule has 3 rings (SSSR count). The molecule has 0 spiro atoms. The van der Waals surface area contributed by atoms with Crippen LogP contribution in [0.2, 0.25) is 0 Å². The van der Waals surface area contributed by atoms with Crippen LogP contribution in [0.3, 0.4) is 0 Å². The van der Waals surface area contributed by atoms with Crippen LogP contribution in [0.4, 0.5) is 10.1 Å². The van der Waals surface area contributed by atoms with Crippen molar-refractivity contribution in [2.24, 2.45) is 0 Å². The fourth-order valence-corrected chi connectivity index (χ4v) is 3.38. The third-order valence-electron chi connectivity index (χ3n) is 4.87. The number of hydrogen-bond donors (Lipinski definition) is 3. The molecule has 31 heavy (non-hydrogen) atoms. The molecule has 0 radical (unpaired) electrons. The van der Waals surface area contributed by atoms with Crippen LogP contribution in [0.25, 0.3) is 0 Å². The number of hydrogen-bond acceptors (Lipinski definition) is 2. The van der Waals surface area contributed by atoms with Crippen LogP contribution >= 0.6 is 0 Å². The molecule has 0 aliphatic carbocycles. The fraction of sp³-hybridized carbons (Fsp3) is 0.200. The molecule has 0 aliphatic rings. The molecule has 0 aliphatic heterocycles. The van der Waals surface area contributed by atoms with Crippen molar-refractivity contribution in [1.82, 2.24) is 5.32 Å². The van der Waals surface area contributed by atoms with Crippen molar-refractivity contribution in [3.63, 3.8) is 0 Å². The smallest absolute Gasteiger partial charge is 0.279 e. The molecule has 0 fully saturated rings. The predicted molar refractivity (Wildman–Crippen MR) is 119 cm³/mol. The van der Waals surface area contributed by atoms with Crippen LogP contribution in [0.1, 0.15) is 17.2 Å². The first-order chi connectivity index (χ1) is 15.0. The lowest BCUT2D eigenvalue weighted by Crippen LogP contribution is -3.11. The highest BCUT2D eigenvalue weighted by Gasteiger charge is 2.19. The SMILES string of the molecule is C[NH+](CC(=O)Nc1ccc(F)cc1)CC(=O)N[C@H](Cc1ccccc1)c1ccccc1. The number of likely N-dealkylation sites (N-methyl/N-ethyl adjacent to an activating group) is 1. The van der Waals surface area contributed by atoms with Gasteiger partial charge in [-0.1, -0.05) is 60.7 Å². The van der Waals surface area contributed by atoms with Gasteiger partial charge in [0.25, 0.3) is 11.8 Å². The molecule has 160 valence electrons. The van der Waals surface area contributed by atoms with Crippen molar-refractivity contribution < 1.29 is 18.9 Å². The third kappa shape index (κ3) is 7.35. The molecule has 0 aromatic heterocycles. The van der Waals surface area contributed by atoms with Crippen molar-refractivity contribution in [1.29, 1.82) is 0 Å². The summed E-state index contributed by atoms with van der Waals surface area (Å²) in [6, 6.07) is 25.3. The molecule has 0 bridgehead atoms. The Morgan fingerprint density at radius 1 is 0.839 bits per heavy atom. The van der Waals surface area contributed by atoms with Gasteiger partial charge in [-0.15, -0.1) is 0 Å². The monoisotopic (exact) mass is 420 g/mol. The van der Waals surface area contributed by atoms with E-state index in [1.54, 1.807) is 7.05 Å². The zero-order chi connectivity index (χ0) is 22.1. The number of carbonyl (C=O) groups excluding carboxylic acids is 2. The highest BCUT2D eigenvalue weighted by Crippen LogP contribution is 2.18. The Bertz CT molecular complexity index is 979. The van der Waals surface area contributed by atoms with E-state index in [1.807, 2.05) is 60.7 Å². The zero-order valence-electron chi connectivity index (χ0n) is 17.5. The van der Waals surface area contributed by atoms with Gasteiger partial charge in [0.2, 0.25) is 0 Å². The minimum atomic E-state index is -0.360. The number of anilines is 1. The summed E-state index contributed by atoms with van der Waals surface area (Å²) in [4.78, 5) is 25.7. The van der Waals surface area contributed by atoms with Gasteiger partial charge in [-0.05, 0) is 41.8 Å². The summed E-state index contributed by atoms with van der Waals surface area (Å²) < 4.78 is 13.0. The summed E-state index contributed by atoms with van der Waals surface area (Å²) in [5.74, 6) is -0.724. The molecule has 3 aromatic rings. The van der Waals surface area contributed by atoms with E-state index in [4.69, 9.17) is 0 Å². The van der Waals surface area contributed by atoms with Crippen molar-refractivity contribution in [2.45, 2.75) is 12.5 Å². The second-order valence-corrected chi connectivity index (χ2v) is 7.59. The Morgan fingerprint density at radius 2 is 1.42 bits per heavy atom. The van der Waals surface area contributed by atoms with E-state index in [0.29, 0.717) is 12.1 Å². The topological polar surface area (TPSA) is 62.6 Å². The van der Waals surface area contributed by atoms with Crippen LogP contribution in [-0.4, -0.2) is 32.0 Å². The lowest BCUT2D eigenvalue weighted by Gasteiger charge is -2.21. The maximum Gasteiger partial charge on any atom is 0.279 e. The molecule has 0 saturated heterocycles. The normalized spacial score (nSPS) is 12.6. The highest BCUT2D eigenvalue weighted by atomic mass is 19.1. The Labute approximate surface area is 181 Å². The van der Waals surface area contributed by atoms with E-state index < -0.39 is 0 Å². The highest BCUT2D eigenvalue weighted by molar-refractivity contribution is 5.91. The first-order valence-electron chi connectivity index (χ1n) is 10.2. The number of amides is 2. The average Bonchev–Trinajstić information content (AvgIpc) is 2.76. The summed E-state index contributed by atoms with van der Waals surface area (Å²) in [5, 5.41) is 5.82. The maximum atomic E-state index is 13.0. The number of carbonyl (C=O) groups is 2.